The first-order valence-corrected chi connectivity index (χ1v) is 10.3. The van der Waals surface area contributed by atoms with Crippen molar-refractivity contribution in [2.24, 2.45) is 0 Å². The molecule has 3 rings (SSSR count). The molecule has 1 aromatic carbocycles. The Balaban J connectivity index is 1.59. The normalized spacial score (nSPS) is 20.9. The molecule has 0 radical (unpaired) electrons. The number of carbonyl (C=O) groups excluding carboxylic acids is 2. The number of nitrogens with zero attached hydrogens (tertiary/aromatic N) is 2. The van der Waals surface area contributed by atoms with E-state index in [1.807, 2.05) is 34.1 Å². The third kappa shape index (κ3) is 5.55. The topological polar surface area (TPSA) is 70.1 Å². The van der Waals surface area contributed by atoms with Crippen molar-refractivity contribution in [3.8, 4) is 0 Å². The van der Waals surface area contributed by atoms with Gasteiger partial charge in [-0.25, -0.2) is 0 Å². The van der Waals surface area contributed by atoms with Crippen LogP contribution in [0.15, 0.2) is 24.3 Å². The molecule has 2 fully saturated rings. The molecule has 154 valence electrons. The standard InChI is InChI=1S/C22H32N2O4/c1-22(2,27)10-9-17-6-3-7-18(16-17)20(25)23-11-5-12-24(14-13-23)21(26)19-8-4-15-28-19/h3,6-7,16,19,27H,4-5,8-15H2,1-2H3. The molecule has 6 nitrogen and oxygen atoms in total. The van der Waals surface area contributed by atoms with Gasteiger partial charge in [-0.05, 0) is 63.6 Å². The number of benzene rings is 1. The van der Waals surface area contributed by atoms with E-state index in [4.69, 9.17) is 4.74 Å². The maximum absolute atomic E-state index is 13.0. The highest BCUT2D eigenvalue weighted by Crippen LogP contribution is 2.18. The lowest BCUT2D eigenvalue weighted by Crippen LogP contribution is -2.41. The van der Waals surface area contributed by atoms with Gasteiger partial charge in [0.25, 0.3) is 11.8 Å². The second-order valence-corrected chi connectivity index (χ2v) is 8.49. The van der Waals surface area contributed by atoms with Gasteiger partial charge in [0, 0.05) is 38.3 Å². The van der Waals surface area contributed by atoms with Crippen molar-refractivity contribution in [1.82, 2.24) is 9.80 Å². The summed E-state index contributed by atoms with van der Waals surface area (Å²) in [7, 11) is 0. The van der Waals surface area contributed by atoms with Gasteiger partial charge in [0.2, 0.25) is 0 Å². The van der Waals surface area contributed by atoms with Crippen LogP contribution in [0.1, 0.15) is 55.5 Å². The van der Waals surface area contributed by atoms with Crippen molar-refractivity contribution in [3.63, 3.8) is 0 Å². The van der Waals surface area contributed by atoms with Gasteiger partial charge in [0.15, 0.2) is 0 Å². The maximum atomic E-state index is 13.0. The first-order valence-electron chi connectivity index (χ1n) is 10.3. The van der Waals surface area contributed by atoms with Crippen LogP contribution < -0.4 is 0 Å². The number of aryl methyl sites for hydroxylation is 1. The molecule has 1 aromatic rings. The number of amides is 2. The molecule has 6 heteroatoms. The van der Waals surface area contributed by atoms with Crippen LogP contribution in [0.2, 0.25) is 0 Å². The molecule has 2 aliphatic rings. The number of aliphatic hydroxyl groups is 1. The molecule has 28 heavy (non-hydrogen) atoms. The van der Waals surface area contributed by atoms with E-state index in [0.717, 1.165) is 31.2 Å². The van der Waals surface area contributed by atoms with Crippen molar-refractivity contribution in [1.29, 1.82) is 0 Å². The Morgan fingerprint density at radius 2 is 1.89 bits per heavy atom. The van der Waals surface area contributed by atoms with E-state index in [1.54, 1.807) is 13.8 Å². The molecule has 0 aromatic heterocycles. The average molecular weight is 389 g/mol. The van der Waals surface area contributed by atoms with E-state index in [0.29, 0.717) is 44.8 Å². The van der Waals surface area contributed by atoms with Crippen molar-refractivity contribution in [2.75, 3.05) is 32.8 Å². The summed E-state index contributed by atoms with van der Waals surface area (Å²) in [4.78, 5) is 29.3. The van der Waals surface area contributed by atoms with Gasteiger partial charge in [-0.15, -0.1) is 0 Å². The minimum atomic E-state index is -0.718. The predicted molar refractivity (Wildman–Crippen MR) is 107 cm³/mol. The SMILES string of the molecule is CC(C)(O)CCc1cccc(C(=O)N2CCCN(C(=O)C3CCCO3)CC2)c1. The van der Waals surface area contributed by atoms with E-state index in [1.165, 1.54) is 0 Å². The molecule has 1 unspecified atom stereocenters. The van der Waals surface area contributed by atoms with Crippen LogP contribution in [0.5, 0.6) is 0 Å². The molecule has 1 atom stereocenters. The predicted octanol–water partition coefficient (Wildman–Crippen LogP) is 2.24. The van der Waals surface area contributed by atoms with Gasteiger partial charge in [0.1, 0.15) is 6.10 Å². The zero-order valence-corrected chi connectivity index (χ0v) is 17.0. The van der Waals surface area contributed by atoms with Crippen LogP contribution in [0.4, 0.5) is 0 Å². The van der Waals surface area contributed by atoms with Gasteiger partial charge >= 0.3 is 0 Å². The second kappa shape index (κ2) is 9.05. The third-order valence-corrected chi connectivity index (χ3v) is 5.50. The number of hydrogen-bond donors (Lipinski definition) is 1. The fourth-order valence-electron chi connectivity index (χ4n) is 3.81. The Morgan fingerprint density at radius 1 is 1.14 bits per heavy atom. The molecule has 0 aliphatic carbocycles. The Labute approximate surface area is 167 Å². The van der Waals surface area contributed by atoms with Gasteiger partial charge < -0.3 is 19.6 Å². The Bertz CT molecular complexity index is 692. The summed E-state index contributed by atoms with van der Waals surface area (Å²) >= 11 is 0. The Morgan fingerprint density at radius 3 is 2.61 bits per heavy atom. The number of ether oxygens (including phenoxy) is 1. The molecule has 2 aliphatic heterocycles. The zero-order valence-electron chi connectivity index (χ0n) is 17.0. The largest absolute Gasteiger partial charge is 0.390 e. The first-order chi connectivity index (χ1) is 13.3. The van der Waals surface area contributed by atoms with E-state index in [9.17, 15) is 14.7 Å². The summed E-state index contributed by atoms with van der Waals surface area (Å²) in [6.45, 7) is 6.69. The summed E-state index contributed by atoms with van der Waals surface area (Å²) in [5.41, 5.74) is 1.01. The lowest BCUT2D eigenvalue weighted by molar-refractivity contribution is -0.140. The smallest absolute Gasteiger partial charge is 0.253 e. The van der Waals surface area contributed by atoms with Crippen LogP contribution in [-0.2, 0) is 16.0 Å². The Kier molecular flexibility index (Phi) is 6.73. The van der Waals surface area contributed by atoms with Gasteiger partial charge in [0.05, 0.1) is 5.60 Å². The molecule has 2 saturated heterocycles. The fraction of sp³-hybridized carbons (Fsp3) is 0.636. The summed E-state index contributed by atoms with van der Waals surface area (Å²) in [5.74, 6) is 0.0805. The monoisotopic (exact) mass is 388 g/mol. The highest BCUT2D eigenvalue weighted by Gasteiger charge is 2.30. The van der Waals surface area contributed by atoms with Crippen molar-refractivity contribution in [2.45, 2.75) is 57.7 Å². The molecular weight excluding hydrogens is 356 g/mol. The Hall–Kier alpha value is -1.92. The van der Waals surface area contributed by atoms with Crippen molar-refractivity contribution < 1.29 is 19.4 Å². The van der Waals surface area contributed by atoms with Crippen molar-refractivity contribution in [3.05, 3.63) is 35.4 Å². The molecule has 0 spiro atoms. The summed E-state index contributed by atoms with van der Waals surface area (Å²) < 4.78 is 5.52. The van der Waals surface area contributed by atoms with Crippen molar-refractivity contribution >= 4 is 11.8 Å². The summed E-state index contributed by atoms with van der Waals surface area (Å²) in [6.07, 6.45) is 3.61. The third-order valence-electron chi connectivity index (χ3n) is 5.50. The number of carbonyl (C=O) groups is 2. The maximum Gasteiger partial charge on any atom is 0.253 e. The molecular formula is C22H32N2O4. The van der Waals surface area contributed by atoms with Gasteiger partial charge in [-0.1, -0.05) is 12.1 Å². The van der Waals surface area contributed by atoms with Crippen LogP contribution in [0.25, 0.3) is 0 Å². The quantitative estimate of drug-likeness (QED) is 0.840. The lowest BCUT2D eigenvalue weighted by Gasteiger charge is -2.24. The van der Waals surface area contributed by atoms with Crippen LogP contribution in [0, 0.1) is 0 Å². The number of hydrogen-bond acceptors (Lipinski definition) is 4. The summed E-state index contributed by atoms with van der Waals surface area (Å²) in [5, 5.41) is 9.92. The van der Waals surface area contributed by atoms with Crippen LogP contribution >= 0.6 is 0 Å². The molecule has 1 N–H and O–H groups in total. The van der Waals surface area contributed by atoms with E-state index >= 15 is 0 Å². The highest BCUT2D eigenvalue weighted by molar-refractivity contribution is 5.94. The highest BCUT2D eigenvalue weighted by atomic mass is 16.5. The van der Waals surface area contributed by atoms with Crippen LogP contribution in [0.3, 0.4) is 0 Å². The fourth-order valence-corrected chi connectivity index (χ4v) is 3.81. The second-order valence-electron chi connectivity index (χ2n) is 8.49. The summed E-state index contributed by atoms with van der Waals surface area (Å²) in [6, 6.07) is 7.66. The van der Waals surface area contributed by atoms with Gasteiger partial charge in [-0.2, -0.15) is 0 Å². The minimum Gasteiger partial charge on any atom is -0.390 e. The first kappa shape index (κ1) is 20.8. The average Bonchev–Trinajstić information content (AvgIpc) is 3.09. The zero-order chi connectivity index (χ0) is 20.1. The van der Waals surface area contributed by atoms with E-state index in [-0.39, 0.29) is 17.9 Å². The lowest BCUT2D eigenvalue weighted by atomic mass is 9.97. The number of rotatable bonds is 5. The molecule has 0 saturated carbocycles. The molecule has 0 bridgehead atoms. The molecule has 2 heterocycles. The molecule has 2 amide bonds. The van der Waals surface area contributed by atoms with E-state index in [2.05, 4.69) is 0 Å². The van der Waals surface area contributed by atoms with E-state index < -0.39 is 5.60 Å². The van der Waals surface area contributed by atoms with Gasteiger partial charge in [-0.3, -0.25) is 9.59 Å². The minimum absolute atomic E-state index is 0.0107. The van der Waals surface area contributed by atoms with Crippen LogP contribution in [-0.4, -0.2) is 71.2 Å².